The molecule has 1 aromatic heterocycles. The van der Waals surface area contributed by atoms with E-state index in [0.717, 1.165) is 12.0 Å². The third-order valence-corrected chi connectivity index (χ3v) is 5.18. The molecule has 3 aromatic rings. The summed E-state index contributed by atoms with van der Waals surface area (Å²) >= 11 is 0. The molecule has 0 spiro atoms. The molecule has 1 aliphatic heterocycles. The number of carbonyl (C=O) groups excluding carboxylic acids is 2. The van der Waals surface area contributed by atoms with E-state index < -0.39 is 0 Å². The van der Waals surface area contributed by atoms with E-state index in [1.165, 1.54) is 0 Å². The van der Waals surface area contributed by atoms with Crippen molar-refractivity contribution in [3.63, 3.8) is 0 Å². The molecule has 0 aliphatic carbocycles. The lowest BCUT2D eigenvalue weighted by atomic mass is 10.1. The van der Waals surface area contributed by atoms with E-state index in [-0.39, 0.29) is 11.8 Å². The van der Waals surface area contributed by atoms with Crippen molar-refractivity contribution in [1.82, 2.24) is 14.8 Å². The molecule has 2 heterocycles. The molecule has 1 fully saturated rings. The highest BCUT2D eigenvalue weighted by Gasteiger charge is 2.24. The minimum atomic E-state index is -0.0644. The maximum Gasteiger partial charge on any atom is 0.254 e. The number of nitrogens with zero attached hydrogens (tertiary/aromatic N) is 3. The normalized spacial score (nSPS) is 14.5. The van der Waals surface area contributed by atoms with Gasteiger partial charge in [-0.05, 0) is 18.6 Å². The van der Waals surface area contributed by atoms with Gasteiger partial charge < -0.3 is 14.2 Å². The monoisotopic (exact) mass is 389 g/mol. The predicted molar refractivity (Wildman–Crippen MR) is 110 cm³/mol. The first-order chi connectivity index (χ1) is 14.1. The standard InChI is InChI=1S/C23H23N3O3/c1-17(27)25-12-7-13-26(15-14-25)23(28)20-11-6-5-10-19(20)22-24-16-21(29-22)18-8-3-2-4-9-18/h2-6,8-11,16H,7,12-15H2,1H3. The predicted octanol–water partition coefficient (Wildman–Crippen LogP) is 3.70. The maximum absolute atomic E-state index is 13.3. The highest BCUT2D eigenvalue weighted by Crippen LogP contribution is 2.29. The van der Waals surface area contributed by atoms with Crippen LogP contribution in [0.3, 0.4) is 0 Å². The second-order valence-electron chi connectivity index (χ2n) is 7.09. The van der Waals surface area contributed by atoms with Crippen LogP contribution in [0, 0.1) is 0 Å². The van der Waals surface area contributed by atoms with Gasteiger partial charge in [-0.2, -0.15) is 0 Å². The molecule has 0 unspecified atom stereocenters. The highest BCUT2D eigenvalue weighted by atomic mass is 16.4. The van der Waals surface area contributed by atoms with Gasteiger partial charge in [0, 0.05) is 44.2 Å². The molecule has 0 N–H and O–H groups in total. The first kappa shape index (κ1) is 18.9. The highest BCUT2D eigenvalue weighted by molar-refractivity contribution is 6.00. The van der Waals surface area contributed by atoms with Crippen molar-refractivity contribution < 1.29 is 14.0 Å². The van der Waals surface area contributed by atoms with Crippen LogP contribution in [-0.4, -0.2) is 52.8 Å². The Balaban J connectivity index is 1.60. The van der Waals surface area contributed by atoms with Gasteiger partial charge in [0.2, 0.25) is 11.8 Å². The molecule has 29 heavy (non-hydrogen) atoms. The van der Waals surface area contributed by atoms with E-state index in [0.29, 0.717) is 49.0 Å². The number of benzene rings is 2. The Labute approximate surface area is 169 Å². The van der Waals surface area contributed by atoms with Gasteiger partial charge >= 0.3 is 0 Å². The quantitative estimate of drug-likeness (QED) is 0.685. The fraction of sp³-hybridized carbons (Fsp3) is 0.261. The zero-order valence-corrected chi connectivity index (χ0v) is 16.4. The van der Waals surface area contributed by atoms with Crippen molar-refractivity contribution in [2.45, 2.75) is 13.3 Å². The number of carbonyl (C=O) groups is 2. The third kappa shape index (κ3) is 4.06. The molecule has 0 saturated carbocycles. The van der Waals surface area contributed by atoms with Crippen molar-refractivity contribution in [3.8, 4) is 22.8 Å². The number of amides is 2. The van der Waals surface area contributed by atoms with Crippen molar-refractivity contribution in [2.24, 2.45) is 0 Å². The SMILES string of the molecule is CC(=O)N1CCCN(C(=O)c2ccccc2-c2ncc(-c3ccccc3)o2)CC1. The molecule has 6 nitrogen and oxygen atoms in total. The smallest absolute Gasteiger partial charge is 0.254 e. The lowest BCUT2D eigenvalue weighted by Gasteiger charge is -2.22. The third-order valence-electron chi connectivity index (χ3n) is 5.18. The Morgan fingerprint density at radius 1 is 0.897 bits per heavy atom. The molecule has 1 saturated heterocycles. The van der Waals surface area contributed by atoms with E-state index in [1.807, 2.05) is 53.4 Å². The zero-order chi connectivity index (χ0) is 20.2. The summed E-state index contributed by atoms with van der Waals surface area (Å²) in [4.78, 5) is 32.9. The topological polar surface area (TPSA) is 66.7 Å². The summed E-state index contributed by atoms with van der Waals surface area (Å²) in [6.45, 7) is 3.95. The number of oxazole rings is 1. The van der Waals surface area contributed by atoms with Gasteiger partial charge in [-0.1, -0.05) is 42.5 Å². The van der Waals surface area contributed by atoms with Crippen LogP contribution in [0.25, 0.3) is 22.8 Å². The molecule has 0 atom stereocenters. The summed E-state index contributed by atoms with van der Waals surface area (Å²) in [5, 5.41) is 0. The largest absolute Gasteiger partial charge is 0.436 e. The molecule has 1 aliphatic rings. The Morgan fingerprint density at radius 3 is 2.38 bits per heavy atom. The van der Waals surface area contributed by atoms with Crippen LogP contribution in [0.2, 0.25) is 0 Å². The van der Waals surface area contributed by atoms with Crippen LogP contribution in [0.1, 0.15) is 23.7 Å². The molecule has 6 heteroatoms. The lowest BCUT2D eigenvalue weighted by Crippen LogP contribution is -2.36. The Hall–Kier alpha value is -3.41. The van der Waals surface area contributed by atoms with E-state index in [2.05, 4.69) is 4.98 Å². The van der Waals surface area contributed by atoms with Gasteiger partial charge in [0.05, 0.1) is 11.8 Å². The molecule has 4 rings (SSSR count). The first-order valence-electron chi connectivity index (χ1n) is 9.79. The Bertz CT molecular complexity index is 1010. The summed E-state index contributed by atoms with van der Waals surface area (Å²) < 4.78 is 5.97. The van der Waals surface area contributed by atoms with Crippen LogP contribution in [0.5, 0.6) is 0 Å². The van der Waals surface area contributed by atoms with Crippen LogP contribution < -0.4 is 0 Å². The summed E-state index contributed by atoms with van der Waals surface area (Å²) in [6.07, 6.45) is 2.45. The Kier molecular flexibility index (Phi) is 5.42. The van der Waals surface area contributed by atoms with Crippen molar-refractivity contribution in [2.75, 3.05) is 26.2 Å². The summed E-state index contributed by atoms with van der Waals surface area (Å²) in [5.74, 6) is 1.07. The minimum absolute atomic E-state index is 0.0490. The number of hydrogen-bond donors (Lipinski definition) is 0. The molecule has 148 valence electrons. The van der Waals surface area contributed by atoms with Crippen LogP contribution in [-0.2, 0) is 4.79 Å². The maximum atomic E-state index is 13.3. The Morgan fingerprint density at radius 2 is 1.59 bits per heavy atom. The van der Waals surface area contributed by atoms with Gasteiger partial charge in [-0.3, -0.25) is 9.59 Å². The molecule has 2 amide bonds. The van der Waals surface area contributed by atoms with Gasteiger partial charge in [-0.25, -0.2) is 4.98 Å². The van der Waals surface area contributed by atoms with Gasteiger partial charge in [-0.15, -0.1) is 0 Å². The lowest BCUT2D eigenvalue weighted by molar-refractivity contribution is -0.128. The summed E-state index contributed by atoms with van der Waals surface area (Å²) in [5.41, 5.74) is 2.17. The van der Waals surface area contributed by atoms with Gasteiger partial charge in [0.25, 0.3) is 5.91 Å². The van der Waals surface area contributed by atoms with E-state index >= 15 is 0 Å². The molecular weight excluding hydrogens is 366 g/mol. The van der Waals surface area contributed by atoms with Crippen LogP contribution >= 0.6 is 0 Å². The van der Waals surface area contributed by atoms with E-state index in [1.54, 1.807) is 24.1 Å². The summed E-state index contributed by atoms with van der Waals surface area (Å²) in [6, 6.07) is 17.1. The van der Waals surface area contributed by atoms with Crippen LogP contribution in [0.4, 0.5) is 0 Å². The fourth-order valence-corrected chi connectivity index (χ4v) is 3.60. The molecule has 2 aromatic carbocycles. The molecular formula is C23H23N3O3. The fourth-order valence-electron chi connectivity index (χ4n) is 3.60. The number of aromatic nitrogens is 1. The van der Waals surface area contributed by atoms with Gasteiger partial charge in [0.1, 0.15) is 0 Å². The van der Waals surface area contributed by atoms with Crippen molar-refractivity contribution in [1.29, 1.82) is 0 Å². The second-order valence-corrected chi connectivity index (χ2v) is 7.09. The van der Waals surface area contributed by atoms with Crippen molar-refractivity contribution in [3.05, 3.63) is 66.4 Å². The number of hydrogen-bond acceptors (Lipinski definition) is 4. The minimum Gasteiger partial charge on any atom is -0.436 e. The first-order valence-corrected chi connectivity index (χ1v) is 9.79. The molecule has 0 bridgehead atoms. The van der Waals surface area contributed by atoms with E-state index in [9.17, 15) is 9.59 Å². The van der Waals surface area contributed by atoms with Gasteiger partial charge in [0.15, 0.2) is 5.76 Å². The zero-order valence-electron chi connectivity index (χ0n) is 16.4. The average molecular weight is 389 g/mol. The van der Waals surface area contributed by atoms with Crippen LogP contribution in [0.15, 0.2) is 65.2 Å². The second kappa shape index (κ2) is 8.31. The number of rotatable bonds is 3. The summed E-state index contributed by atoms with van der Waals surface area (Å²) in [7, 11) is 0. The average Bonchev–Trinajstić information content (AvgIpc) is 3.11. The van der Waals surface area contributed by atoms with Crippen molar-refractivity contribution >= 4 is 11.8 Å². The van der Waals surface area contributed by atoms with E-state index in [4.69, 9.17) is 4.42 Å². The molecule has 0 radical (unpaired) electrons.